The number of oxazole rings is 1. The van der Waals surface area contributed by atoms with Crippen LogP contribution in [-0.2, 0) is 13.1 Å². The van der Waals surface area contributed by atoms with Gasteiger partial charge in [0.2, 0.25) is 0 Å². The molecule has 1 aliphatic rings. The number of nitrogens with zero attached hydrogens (tertiary/aromatic N) is 4. The number of aromatic nitrogens is 3. The van der Waals surface area contributed by atoms with Crippen LogP contribution in [0.1, 0.15) is 66.7 Å². The normalized spacial score (nSPS) is 14.7. The highest BCUT2D eigenvalue weighted by atomic mass is 16.4. The van der Waals surface area contributed by atoms with Gasteiger partial charge in [0.15, 0.2) is 11.6 Å². The van der Waals surface area contributed by atoms with Gasteiger partial charge < -0.3 is 9.32 Å². The van der Waals surface area contributed by atoms with Crippen LogP contribution in [-0.4, -0.2) is 32.1 Å². The van der Waals surface area contributed by atoms with Crippen molar-refractivity contribution in [2.45, 2.75) is 59.0 Å². The van der Waals surface area contributed by atoms with Gasteiger partial charge in [0, 0.05) is 37.3 Å². The Hall–Kier alpha value is -2.11. The zero-order chi connectivity index (χ0) is 16.4. The molecule has 0 spiro atoms. The van der Waals surface area contributed by atoms with Crippen LogP contribution in [0, 0.1) is 6.92 Å². The van der Waals surface area contributed by atoms with Crippen molar-refractivity contribution in [1.29, 1.82) is 0 Å². The Balaban J connectivity index is 1.75. The lowest BCUT2D eigenvalue weighted by atomic mass is 9.85. The van der Waals surface area contributed by atoms with Crippen molar-refractivity contribution in [2.75, 3.05) is 6.54 Å². The molecule has 3 rings (SSSR count). The molecule has 0 N–H and O–H groups in total. The van der Waals surface area contributed by atoms with E-state index in [1.54, 1.807) is 4.90 Å². The van der Waals surface area contributed by atoms with E-state index in [-0.39, 0.29) is 5.91 Å². The molecule has 6 heteroatoms. The van der Waals surface area contributed by atoms with Gasteiger partial charge in [0.25, 0.3) is 5.91 Å². The van der Waals surface area contributed by atoms with Crippen LogP contribution in [0.25, 0.3) is 0 Å². The van der Waals surface area contributed by atoms with E-state index in [1.165, 1.54) is 6.42 Å². The number of rotatable bonds is 6. The molecule has 2 aromatic heterocycles. The maximum Gasteiger partial charge on any atom is 0.276 e. The second-order valence-electron chi connectivity index (χ2n) is 6.11. The van der Waals surface area contributed by atoms with E-state index in [2.05, 4.69) is 10.1 Å². The van der Waals surface area contributed by atoms with Crippen molar-refractivity contribution in [3.63, 3.8) is 0 Å². The van der Waals surface area contributed by atoms with Gasteiger partial charge in [-0.1, -0.05) is 6.42 Å². The Morgan fingerprint density at radius 3 is 2.78 bits per heavy atom. The first-order valence-corrected chi connectivity index (χ1v) is 8.40. The first kappa shape index (κ1) is 15.8. The first-order chi connectivity index (χ1) is 11.1. The predicted octanol–water partition coefficient (Wildman–Crippen LogP) is 3.13. The number of carbonyl (C=O) groups excluding carboxylic acids is 1. The van der Waals surface area contributed by atoms with Gasteiger partial charge in [0.05, 0.1) is 6.20 Å². The molecule has 0 unspecified atom stereocenters. The minimum Gasteiger partial charge on any atom is -0.445 e. The molecule has 1 saturated carbocycles. The number of hydrogen-bond donors (Lipinski definition) is 0. The number of carbonyl (C=O) groups is 1. The Labute approximate surface area is 136 Å². The fourth-order valence-corrected chi connectivity index (χ4v) is 2.80. The standard InChI is InChI=1S/C17H24N4O2/c1-4-20(10-13-9-18-21(5-2)11-13)17(22)15-12(3)23-16(19-15)14-7-6-8-14/h9,11,14H,4-8,10H2,1-3H3. The average Bonchev–Trinajstić information content (AvgIpc) is 3.09. The molecule has 1 aliphatic carbocycles. The molecule has 0 aromatic carbocycles. The number of hydrogen-bond acceptors (Lipinski definition) is 4. The summed E-state index contributed by atoms with van der Waals surface area (Å²) >= 11 is 0. The van der Waals surface area contributed by atoms with Crippen LogP contribution in [0.5, 0.6) is 0 Å². The quantitative estimate of drug-likeness (QED) is 0.821. The molecular formula is C17H24N4O2. The summed E-state index contributed by atoms with van der Waals surface area (Å²) in [5.41, 5.74) is 1.49. The maximum absolute atomic E-state index is 12.8. The molecule has 1 fully saturated rings. The Kier molecular flexibility index (Phi) is 4.50. The zero-order valence-corrected chi connectivity index (χ0v) is 14.1. The summed E-state index contributed by atoms with van der Waals surface area (Å²) in [6, 6.07) is 0. The summed E-state index contributed by atoms with van der Waals surface area (Å²) in [5, 5.41) is 4.26. The molecule has 0 atom stereocenters. The summed E-state index contributed by atoms with van der Waals surface area (Å²) in [6.45, 7) is 7.84. The lowest BCUT2D eigenvalue weighted by Crippen LogP contribution is -2.31. The third kappa shape index (κ3) is 3.16. The molecule has 23 heavy (non-hydrogen) atoms. The van der Waals surface area contributed by atoms with Crippen LogP contribution < -0.4 is 0 Å². The zero-order valence-electron chi connectivity index (χ0n) is 14.1. The van der Waals surface area contributed by atoms with E-state index in [0.717, 1.165) is 30.8 Å². The van der Waals surface area contributed by atoms with E-state index >= 15 is 0 Å². The van der Waals surface area contributed by atoms with Crippen molar-refractivity contribution in [3.8, 4) is 0 Å². The minimum atomic E-state index is -0.0661. The summed E-state index contributed by atoms with van der Waals surface area (Å²) in [5.74, 6) is 1.68. The second-order valence-corrected chi connectivity index (χ2v) is 6.11. The molecule has 2 heterocycles. The van der Waals surface area contributed by atoms with Crippen molar-refractivity contribution in [3.05, 3.63) is 35.3 Å². The Bertz CT molecular complexity index is 685. The molecule has 6 nitrogen and oxygen atoms in total. The lowest BCUT2D eigenvalue weighted by Gasteiger charge is -2.21. The highest BCUT2D eigenvalue weighted by molar-refractivity contribution is 5.93. The van der Waals surface area contributed by atoms with E-state index in [1.807, 2.05) is 37.8 Å². The van der Waals surface area contributed by atoms with Crippen LogP contribution in [0.3, 0.4) is 0 Å². The first-order valence-electron chi connectivity index (χ1n) is 8.40. The molecule has 124 valence electrons. The smallest absolute Gasteiger partial charge is 0.276 e. The van der Waals surface area contributed by atoms with Gasteiger partial charge in [-0.05, 0) is 33.6 Å². The maximum atomic E-state index is 12.8. The number of amides is 1. The topological polar surface area (TPSA) is 64.2 Å². The van der Waals surface area contributed by atoms with E-state index in [4.69, 9.17) is 4.42 Å². The summed E-state index contributed by atoms with van der Waals surface area (Å²) in [6.07, 6.45) is 7.24. The predicted molar refractivity (Wildman–Crippen MR) is 86.1 cm³/mol. The molecule has 0 radical (unpaired) electrons. The van der Waals surface area contributed by atoms with Crippen molar-refractivity contribution >= 4 is 5.91 Å². The fraction of sp³-hybridized carbons (Fsp3) is 0.588. The van der Waals surface area contributed by atoms with Crippen LogP contribution >= 0.6 is 0 Å². The molecule has 0 aliphatic heterocycles. The van der Waals surface area contributed by atoms with Crippen molar-refractivity contribution < 1.29 is 9.21 Å². The van der Waals surface area contributed by atoms with Gasteiger partial charge in [-0.3, -0.25) is 9.48 Å². The number of aryl methyl sites for hydroxylation is 2. The summed E-state index contributed by atoms with van der Waals surface area (Å²) < 4.78 is 7.60. The Morgan fingerprint density at radius 1 is 1.43 bits per heavy atom. The van der Waals surface area contributed by atoms with Crippen LogP contribution in [0.2, 0.25) is 0 Å². The van der Waals surface area contributed by atoms with Crippen LogP contribution in [0.4, 0.5) is 0 Å². The third-order valence-electron chi connectivity index (χ3n) is 4.52. The molecular weight excluding hydrogens is 292 g/mol. The molecule has 2 aromatic rings. The SMILES string of the molecule is CCN(Cc1cnn(CC)c1)C(=O)c1nc(C2CCC2)oc1C. The van der Waals surface area contributed by atoms with E-state index < -0.39 is 0 Å². The molecule has 0 saturated heterocycles. The average molecular weight is 316 g/mol. The third-order valence-corrected chi connectivity index (χ3v) is 4.52. The monoisotopic (exact) mass is 316 g/mol. The van der Waals surface area contributed by atoms with Crippen molar-refractivity contribution in [2.24, 2.45) is 0 Å². The van der Waals surface area contributed by atoms with Gasteiger partial charge in [-0.15, -0.1) is 0 Å². The van der Waals surface area contributed by atoms with E-state index in [0.29, 0.717) is 30.5 Å². The molecule has 1 amide bonds. The fourth-order valence-electron chi connectivity index (χ4n) is 2.80. The van der Waals surface area contributed by atoms with Crippen LogP contribution in [0.15, 0.2) is 16.8 Å². The Morgan fingerprint density at radius 2 is 2.22 bits per heavy atom. The van der Waals surface area contributed by atoms with Gasteiger partial charge in [0.1, 0.15) is 5.76 Å². The second kappa shape index (κ2) is 6.56. The van der Waals surface area contributed by atoms with E-state index in [9.17, 15) is 4.79 Å². The summed E-state index contributed by atoms with van der Waals surface area (Å²) in [4.78, 5) is 19.1. The molecule has 0 bridgehead atoms. The van der Waals surface area contributed by atoms with Gasteiger partial charge in [-0.2, -0.15) is 5.10 Å². The van der Waals surface area contributed by atoms with Gasteiger partial charge in [-0.25, -0.2) is 4.98 Å². The highest BCUT2D eigenvalue weighted by Crippen LogP contribution is 2.36. The van der Waals surface area contributed by atoms with Gasteiger partial charge >= 0.3 is 0 Å². The summed E-state index contributed by atoms with van der Waals surface area (Å²) in [7, 11) is 0. The highest BCUT2D eigenvalue weighted by Gasteiger charge is 2.28. The lowest BCUT2D eigenvalue weighted by molar-refractivity contribution is 0.0745. The largest absolute Gasteiger partial charge is 0.445 e. The van der Waals surface area contributed by atoms with Crippen molar-refractivity contribution in [1.82, 2.24) is 19.7 Å². The minimum absolute atomic E-state index is 0.0661.